The van der Waals surface area contributed by atoms with Crippen LogP contribution in [0.3, 0.4) is 0 Å². The molecule has 0 amide bonds. The largest absolute Gasteiger partial charge is 0.457 e. The van der Waals surface area contributed by atoms with Gasteiger partial charge in [0.25, 0.3) is 0 Å². The standard InChI is InChI=1S/C12H6Cl2N6O/c13-9-5-7(1-3-11(9)17-19-15)21-8-2-4-12(18-20-16)10(14)6-8/h1-6H. The van der Waals surface area contributed by atoms with E-state index < -0.39 is 0 Å². The zero-order valence-corrected chi connectivity index (χ0v) is 11.8. The lowest BCUT2D eigenvalue weighted by atomic mass is 10.3. The fourth-order valence-electron chi connectivity index (χ4n) is 1.50. The molecule has 7 nitrogen and oxygen atoms in total. The summed E-state index contributed by atoms with van der Waals surface area (Å²) >= 11 is 11.9. The maximum atomic E-state index is 8.37. The van der Waals surface area contributed by atoms with E-state index in [-0.39, 0.29) is 10.0 Å². The predicted molar refractivity (Wildman–Crippen MR) is 80.6 cm³/mol. The molecular weight excluding hydrogens is 315 g/mol. The number of azide groups is 2. The Morgan fingerprint density at radius 2 is 1.24 bits per heavy atom. The van der Waals surface area contributed by atoms with Gasteiger partial charge in [0.15, 0.2) is 0 Å². The Bertz CT molecular complexity index is 716. The zero-order chi connectivity index (χ0) is 15.2. The molecule has 0 aliphatic rings. The highest BCUT2D eigenvalue weighted by molar-refractivity contribution is 6.33. The van der Waals surface area contributed by atoms with Gasteiger partial charge < -0.3 is 4.74 Å². The maximum absolute atomic E-state index is 8.37. The number of hydrogen-bond acceptors (Lipinski definition) is 3. The second-order valence-corrected chi connectivity index (χ2v) is 4.52. The van der Waals surface area contributed by atoms with Crippen LogP contribution in [0.5, 0.6) is 11.5 Å². The van der Waals surface area contributed by atoms with Crippen molar-refractivity contribution in [3.05, 3.63) is 67.3 Å². The van der Waals surface area contributed by atoms with Crippen molar-refractivity contribution in [3.8, 4) is 11.5 Å². The van der Waals surface area contributed by atoms with Crippen LogP contribution in [0.2, 0.25) is 10.0 Å². The molecule has 104 valence electrons. The Labute approximate surface area is 128 Å². The Morgan fingerprint density at radius 1 is 0.810 bits per heavy atom. The Balaban J connectivity index is 2.26. The van der Waals surface area contributed by atoms with Crippen molar-refractivity contribution in [2.24, 2.45) is 10.2 Å². The first-order valence-electron chi connectivity index (χ1n) is 5.51. The van der Waals surface area contributed by atoms with Gasteiger partial charge in [0.2, 0.25) is 0 Å². The second kappa shape index (κ2) is 6.74. The van der Waals surface area contributed by atoms with Crippen LogP contribution in [0.15, 0.2) is 46.6 Å². The molecule has 2 rings (SSSR count). The van der Waals surface area contributed by atoms with Crippen molar-refractivity contribution < 1.29 is 4.74 Å². The molecule has 0 aliphatic heterocycles. The lowest BCUT2D eigenvalue weighted by molar-refractivity contribution is 0.483. The van der Waals surface area contributed by atoms with E-state index in [0.717, 1.165) is 0 Å². The van der Waals surface area contributed by atoms with E-state index in [1.54, 1.807) is 12.1 Å². The summed E-state index contributed by atoms with van der Waals surface area (Å²) in [4.78, 5) is 5.32. The van der Waals surface area contributed by atoms with Crippen molar-refractivity contribution >= 4 is 34.6 Å². The Hall–Kier alpha value is -2.56. The molecule has 2 aromatic carbocycles. The average molecular weight is 321 g/mol. The van der Waals surface area contributed by atoms with Gasteiger partial charge in [-0.1, -0.05) is 33.4 Å². The molecule has 21 heavy (non-hydrogen) atoms. The number of benzene rings is 2. The van der Waals surface area contributed by atoms with E-state index in [0.29, 0.717) is 22.9 Å². The van der Waals surface area contributed by atoms with Crippen molar-refractivity contribution in [2.75, 3.05) is 0 Å². The first kappa shape index (κ1) is 14.8. The lowest BCUT2D eigenvalue weighted by Gasteiger charge is -2.08. The van der Waals surface area contributed by atoms with Gasteiger partial charge in [-0.15, -0.1) is 0 Å². The molecule has 2 aromatic rings. The van der Waals surface area contributed by atoms with Crippen molar-refractivity contribution in [1.82, 2.24) is 0 Å². The normalized spacial score (nSPS) is 9.43. The van der Waals surface area contributed by atoms with Gasteiger partial charge in [-0.3, -0.25) is 0 Å². The molecule has 0 spiro atoms. The number of rotatable bonds is 4. The molecule has 0 atom stereocenters. The molecule has 0 aliphatic carbocycles. The quantitative estimate of drug-likeness (QED) is 0.350. The summed E-state index contributed by atoms with van der Waals surface area (Å²) in [5.74, 6) is 0.897. The van der Waals surface area contributed by atoms with Gasteiger partial charge in [0.05, 0.1) is 21.4 Å². The fourth-order valence-corrected chi connectivity index (χ4v) is 1.91. The van der Waals surface area contributed by atoms with Crippen molar-refractivity contribution in [1.29, 1.82) is 0 Å². The molecule has 9 heteroatoms. The molecule has 0 radical (unpaired) electrons. The third kappa shape index (κ3) is 3.72. The van der Waals surface area contributed by atoms with E-state index in [2.05, 4.69) is 20.1 Å². The summed E-state index contributed by atoms with van der Waals surface area (Å²) in [6.07, 6.45) is 0. The van der Waals surface area contributed by atoms with Crippen LogP contribution in [0.25, 0.3) is 20.9 Å². The van der Waals surface area contributed by atoms with Crippen LogP contribution in [0.1, 0.15) is 0 Å². The SMILES string of the molecule is [N-]=[N+]=Nc1ccc(Oc2ccc(N=[N+]=[N-])c(Cl)c2)cc1Cl. The Morgan fingerprint density at radius 3 is 1.57 bits per heavy atom. The molecule has 0 saturated heterocycles. The van der Waals surface area contributed by atoms with E-state index in [9.17, 15) is 0 Å². The molecule has 0 aromatic heterocycles. The first-order chi connectivity index (χ1) is 10.1. The number of ether oxygens (including phenoxy) is 1. The smallest absolute Gasteiger partial charge is 0.128 e. The van der Waals surface area contributed by atoms with Crippen LogP contribution < -0.4 is 4.74 Å². The minimum absolute atomic E-state index is 0.266. The van der Waals surface area contributed by atoms with Crippen LogP contribution in [0, 0.1) is 0 Å². The molecule has 0 fully saturated rings. The summed E-state index contributed by atoms with van der Waals surface area (Å²) in [6.45, 7) is 0. The Kier molecular flexibility index (Phi) is 4.77. The van der Waals surface area contributed by atoms with Crippen LogP contribution >= 0.6 is 23.2 Å². The highest BCUT2D eigenvalue weighted by Crippen LogP contribution is 2.34. The van der Waals surface area contributed by atoms with Gasteiger partial charge >= 0.3 is 0 Å². The summed E-state index contributed by atoms with van der Waals surface area (Å²) in [5.41, 5.74) is 17.4. The summed E-state index contributed by atoms with van der Waals surface area (Å²) in [5, 5.41) is 7.38. The summed E-state index contributed by atoms with van der Waals surface area (Å²) in [6, 6.07) is 9.30. The van der Waals surface area contributed by atoms with Gasteiger partial charge in [0, 0.05) is 9.82 Å². The van der Waals surface area contributed by atoms with Gasteiger partial charge in [0.1, 0.15) is 11.5 Å². The highest BCUT2D eigenvalue weighted by Gasteiger charge is 2.05. The van der Waals surface area contributed by atoms with Gasteiger partial charge in [-0.25, -0.2) is 0 Å². The maximum Gasteiger partial charge on any atom is 0.128 e. The van der Waals surface area contributed by atoms with Crippen LogP contribution in [0.4, 0.5) is 11.4 Å². The lowest BCUT2D eigenvalue weighted by Crippen LogP contribution is -1.84. The minimum Gasteiger partial charge on any atom is -0.457 e. The van der Waals surface area contributed by atoms with Crippen LogP contribution in [-0.4, -0.2) is 0 Å². The number of halogens is 2. The highest BCUT2D eigenvalue weighted by atomic mass is 35.5. The minimum atomic E-state index is 0.266. The molecule has 0 bridgehead atoms. The average Bonchev–Trinajstić information content (AvgIpc) is 2.45. The zero-order valence-electron chi connectivity index (χ0n) is 10.3. The van der Waals surface area contributed by atoms with Crippen molar-refractivity contribution in [3.63, 3.8) is 0 Å². The van der Waals surface area contributed by atoms with E-state index >= 15 is 0 Å². The predicted octanol–water partition coefficient (Wildman–Crippen LogP) is 6.67. The van der Waals surface area contributed by atoms with E-state index in [1.165, 1.54) is 24.3 Å². The van der Waals surface area contributed by atoms with E-state index in [1.807, 2.05) is 0 Å². The monoisotopic (exact) mass is 320 g/mol. The first-order valence-corrected chi connectivity index (χ1v) is 6.27. The molecule has 0 unspecified atom stereocenters. The molecular formula is C12H6Cl2N6O. The topological polar surface area (TPSA) is 107 Å². The molecule has 0 N–H and O–H groups in total. The summed E-state index contributed by atoms with van der Waals surface area (Å²) in [7, 11) is 0. The second-order valence-electron chi connectivity index (χ2n) is 3.71. The molecule has 0 saturated carbocycles. The molecule has 0 heterocycles. The fraction of sp³-hybridized carbons (Fsp3) is 0. The summed E-state index contributed by atoms with van der Waals surface area (Å²) < 4.78 is 5.57. The number of hydrogen-bond donors (Lipinski definition) is 0. The van der Waals surface area contributed by atoms with Crippen LogP contribution in [-0.2, 0) is 0 Å². The third-order valence-corrected chi connectivity index (χ3v) is 2.98. The van der Waals surface area contributed by atoms with E-state index in [4.69, 9.17) is 39.0 Å². The number of nitrogens with zero attached hydrogens (tertiary/aromatic N) is 6. The van der Waals surface area contributed by atoms with Gasteiger partial charge in [-0.05, 0) is 47.5 Å². The van der Waals surface area contributed by atoms with Gasteiger partial charge in [-0.2, -0.15) is 0 Å². The third-order valence-electron chi connectivity index (χ3n) is 2.38. The van der Waals surface area contributed by atoms with Crippen molar-refractivity contribution in [2.45, 2.75) is 0 Å².